The Kier molecular flexibility index (Phi) is 5.08. The summed E-state index contributed by atoms with van der Waals surface area (Å²) in [5, 5.41) is 0. The molecule has 16 heavy (non-hydrogen) atoms. The van der Waals surface area contributed by atoms with Crippen molar-refractivity contribution in [2.75, 3.05) is 19.8 Å². The summed E-state index contributed by atoms with van der Waals surface area (Å²) in [7, 11) is 0. The molecule has 0 saturated carbocycles. The van der Waals surface area contributed by atoms with Crippen molar-refractivity contribution >= 4 is 12.1 Å². The lowest BCUT2D eigenvalue weighted by molar-refractivity contribution is -0.150. The lowest BCUT2D eigenvalue weighted by Crippen LogP contribution is -2.48. The Morgan fingerprint density at radius 2 is 1.88 bits per heavy atom. The average Bonchev–Trinajstić information content (AvgIpc) is 2.30. The quantitative estimate of drug-likeness (QED) is 0.689. The number of rotatable bonds is 3. The lowest BCUT2D eigenvalue weighted by atomic mass is 10.0. The summed E-state index contributed by atoms with van der Waals surface area (Å²) in [5.41, 5.74) is 0. The number of hydrogen-bond donors (Lipinski definition) is 0. The normalized spacial score (nSPS) is 20.4. The fourth-order valence-electron chi connectivity index (χ4n) is 1.84. The third-order valence-electron chi connectivity index (χ3n) is 2.56. The number of amides is 1. The predicted molar refractivity (Wildman–Crippen MR) is 58.0 cm³/mol. The van der Waals surface area contributed by atoms with E-state index in [4.69, 9.17) is 9.47 Å². The van der Waals surface area contributed by atoms with Gasteiger partial charge in [0.1, 0.15) is 6.04 Å². The van der Waals surface area contributed by atoms with Crippen LogP contribution in [0.1, 0.15) is 33.1 Å². The second-order valence-corrected chi connectivity index (χ2v) is 3.66. The number of likely N-dealkylation sites (tertiary alicyclic amines) is 1. The molecule has 0 aromatic rings. The van der Waals surface area contributed by atoms with Gasteiger partial charge in [0, 0.05) is 6.54 Å². The molecule has 5 heteroatoms. The minimum atomic E-state index is -0.465. The van der Waals surface area contributed by atoms with Crippen molar-refractivity contribution in [2.45, 2.75) is 39.2 Å². The third kappa shape index (κ3) is 3.12. The second kappa shape index (κ2) is 6.35. The fraction of sp³-hybridized carbons (Fsp3) is 0.818. The number of esters is 1. The van der Waals surface area contributed by atoms with E-state index in [1.54, 1.807) is 13.8 Å². The Hall–Kier alpha value is -1.26. The number of carbonyl (C=O) groups excluding carboxylic acids is 2. The molecule has 1 rings (SSSR count). The van der Waals surface area contributed by atoms with Gasteiger partial charge >= 0.3 is 12.1 Å². The molecule has 0 bridgehead atoms. The van der Waals surface area contributed by atoms with E-state index >= 15 is 0 Å². The Labute approximate surface area is 95.7 Å². The van der Waals surface area contributed by atoms with E-state index < -0.39 is 12.1 Å². The van der Waals surface area contributed by atoms with Crippen LogP contribution >= 0.6 is 0 Å². The first kappa shape index (κ1) is 12.8. The minimum absolute atomic E-state index is 0.324. The molecule has 0 aromatic carbocycles. The summed E-state index contributed by atoms with van der Waals surface area (Å²) >= 11 is 0. The fourth-order valence-corrected chi connectivity index (χ4v) is 1.84. The van der Waals surface area contributed by atoms with E-state index in [1.807, 2.05) is 0 Å². The second-order valence-electron chi connectivity index (χ2n) is 3.66. The molecular formula is C11H19NO4. The molecule has 5 nitrogen and oxygen atoms in total. The zero-order chi connectivity index (χ0) is 12.0. The van der Waals surface area contributed by atoms with E-state index in [9.17, 15) is 9.59 Å². The van der Waals surface area contributed by atoms with Crippen LogP contribution in [-0.4, -0.2) is 42.8 Å². The van der Waals surface area contributed by atoms with Crippen LogP contribution in [0, 0.1) is 0 Å². The molecule has 0 aliphatic carbocycles. The van der Waals surface area contributed by atoms with Gasteiger partial charge in [-0.1, -0.05) is 0 Å². The van der Waals surface area contributed by atoms with E-state index in [2.05, 4.69) is 0 Å². The maximum Gasteiger partial charge on any atom is 0.410 e. The standard InChI is InChI=1S/C11H19NO4/c1-3-15-10(13)9-7-5-6-8-12(9)11(14)16-4-2/h9H,3-8H2,1-2H3. The minimum Gasteiger partial charge on any atom is -0.464 e. The zero-order valence-electron chi connectivity index (χ0n) is 9.90. The number of carbonyl (C=O) groups is 2. The van der Waals surface area contributed by atoms with Crippen LogP contribution < -0.4 is 0 Å². The van der Waals surface area contributed by atoms with Crippen molar-refractivity contribution in [1.29, 1.82) is 0 Å². The lowest BCUT2D eigenvalue weighted by Gasteiger charge is -2.32. The highest BCUT2D eigenvalue weighted by atomic mass is 16.6. The van der Waals surface area contributed by atoms with Crippen molar-refractivity contribution in [3.63, 3.8) is 0 Å². The van der Waals surface area contributed by atoms with Gasteiger partial charge in [0.25, 0.3) is 0 Å². The molecule has 1 unspecified atom stereocenters. The van der Waals surface area contributed by atoms with Gasteiger partial charge in [-0.15, -0.1) is 0 Å². The first-order valence-corrected chi connectivity index (χ1v) is 5.80. The predicted octanol–water partition coefficient (Wildman–Crippen LogP) is 1.56. The highest BCUT2D eigenvalue weighted by molar-refractivity contribution is 5.81. The van der Waals surface area contributed by atoms with E-state index in [0.29, 0.717) is 26.2 Å². The van der Waals surface area contributed by atoms with Gasteiger partial charge in [-0.3, -0.25) is 4.90 Å². The molecule has 1 saturated heterocycles. The van der Waals surface area contributed by atoms with Gasteiger partial charge in [0.05, 0.1) is 13.2 Å². The molecule has 0 radical (unpaired) electrons. The maximum atomic E-state index is 11.6. The van der Waals surface area contributed by atoms with Crippen molar-refractivity contribution in [2.24, 2.45) is 0 Å². The number of hydrogen-bond acceptors (Lipinski definition) is 4. The largest absolute Gasteiger partial charge is 0.464 e. The van der Waals surface area contributed by atoms with Crippen molar-refractivity contribution in [3.8, 4) is 0 Å². The third-order valence-corrected chi connectivity index (χ3v) is 2.56. The number of nitrogens with zero attached hydrogens (tertiary/aromatic N) is 1. The Bertz CT molecular complexity index is 228. The smallest absolute Gasteiger partial charge is 0.410 e. The van der Waals surface area contributed by atoms with E-state index in [1.165, 1.54) is 4.90 Å². The van der Waals surface area contributed by atoms with Gasteiger partial charge < -0.3 is 9.47 Å². The topological polar surface area (TPSA) is 55.8 Å². The molecule has 92 valence electrons. The number of ether oxygens (including phenoxy) is 2. The van der Waals surface area contributed by atoms with Crippen LogP contribution in [0.3, 0.4) is 0 Å². The molecule has 1 aliphatic rings. The first-order valence-electron chi connectivity index (χ1n) is 5.80. The summed E-state index contributed by atoms with van der Waals surface area (Å²) in [6, 6.07) is -0.465. The molecule has 1 amide bonds. The van der Waals surface area contributed by atoms with Crippen LogP contribution in [-0.2, 0) is 14.3 Å². The molecule has 1 fully saturated rings. The van der Waals surface area contributed by atoms with Crippen molar-refractivity contribution in [3.05, 3.63) is 0 Å². The van der Waals surface area contributed by atoms with Gasteiger partial charge in [0.15, 0.2) is 0 Å². The maximum absolute atomic E-state index is 11.6. The molecule has 0 aromatic heterocycles. The highest BCUT2D eigenvalue weighted by Gasteiger charge is 2.33. The highest BCUT2D eigenvalue weighted by Crippen LogP contribution is 2.19. The SMILES string of the molecule is CCOC(=O)C1CCCCN1C(=O)OCC. The zero-order valence-corrected chi connectivity index (χ0v) is 9.90. The Morgan fingerprint density at radius 3 is 2.50 bits per heavy atom. The van der Waals surface area contributed by atoms with Crippen LogP contribution in [0.25, 0.3) is 0 Å². The molecule has 0 N–H and O–H groups in total. The summed E-state index contributed by atoms with van der Waals surface area (Å²) in [4.78, 5) is 24.7. The molecule has 1 atom stereocenters. The van der Waals surface area contributed by atoms with Crippen LogP contribution in [0.15, 0.2) is 0 Å². The molecular weight excluding hydrogens is 210 g/mol. The van der Waals surface area contributed by atoms with Gasteiger partial charge in [-0.2, -0.15) is 0 Å². The average molecular weight is 229 g/mol. The molecule has 0 spiro atoms. The van der Waals surface area contributed by atoms with Gasteiger partial charge in [-0.25, -0.2) is 9.59 Å². The van der Waals surface area contributed by atoms with E-state index in [-0.39, 0.29) is 5.97 Å². The van der Waals surface area contributed by atoms with Gasteiger partial charge in [0.2, 0.25) is 0 Å². The Balaban J connectivity index is 2.63. The van der Waals surface area contributed by atoms with Crippen LogP contribution in [0.4, 0.5) is 4.79 Å². The molecule has 1 heterocycles. The van der Waals surface area contributed by atoms with Gasteiger partial charge in [-0.05, 0) is 33.1 Å². The van der Waals surface area contributed by atoms with E-state index in [0.717, 1.165) is 12.8 Å². The summed E-state index contributed by atoms with van der Waals surface area (Å²) in [5.74, 6) is -0.324. The Morgan fingerprint density at radius 1 is 1.19 bits per heavy atom. The summed E-state index contributed by atoms with van der Waals surface area (Å²) < 4.78 is 9.87. The van der Waals surface area contributed by atoms with Crippen LogP contribution in [0.2, 0.25) is 0 Å². The first-order chi connectivity index (χ1) is 7.70. The van der Waals surface area contributed by atoms with Crippen molar-refractivity contribution < 1.29 is 19.1 Å². The molecule has 1 aliphatic heterocycles. The van der Waals surface area contributed by atoms with Crippen LogP contribution in [0.5, 0.6) is 0 Å². The summed E-state index contributed by atoms with van der Waals surface area (Å²) in [6.45, 7) is 4.75. The monoisotopic (exact) mass is 229 g/mol. The van der Waals surface area contributed by atoms with Crippen molar-refractivity contribution in [1.82, 2.24) is 4.90 Å². The number of piperidine rings is 1. The summed E-state index contributed by atoms with van der Waals surface area (Å²) in [6.07, 6.45) is 2.10.